The lowest BCUT2D eigenvalue weighted by molar-refractivity contribution is -0.195. The molecule has 0 spiro atoms. The van der Waals surface area contributed by atoms with Crippen LogP contribution < -0.4 is 22.4 Å². The minimum absolute atomic E-state index is 0.0401. The average Bonchev–Trinajstić information content (AvgIpc) is 1.45. The summed E-state index contributed by atoms with van der Waals surface area (Å²) in [5.41, 5.74) is 15.5. The number of halogens is 6. The number of fused-ring (bicyclic) bond motifs is 1. The number of aryl methyl sites for hydroxylation is 5. The van der Waals surface area contributed by atoms with E-state index in [1.54, 1.807) is 79.1 Å². The summed E-state index contributed by atoms with van der Waals surface area (Å²) in [6.07, 6.45) is 0.386. The van der Waals surface area contributed by atoms with Crippen LogP contribution in [0.5, 0.6) is 0 Å². The summed E-state index contributed by atoms with van der Waals surface area (Å²) < 4.78 is 110. The first-order valence-corrected chi connectivity index (χ1v) is 46.6. The number of carboxylic acid groups (broad SMARTS) is 1. The van der Waals surface area contributed by atoms with E-state index in [4.69, 9.17) is 58.0 Å². The Bertz CT molecular complexity index is 6830. The van der Waals surface area contributed by atoms with Crippen molar-refractivity contribution in [3.05, 3.63) is 362 Å². The number of anilines is 3. The number of carbonyl (C=O) groups excluding carboxylic acids is 2. The summed E-state index contributed by atoms with van der Waals surface area (Å²) >= 11 is 17.6. The number of para-hydroxylation sites is 1. The summed E-state index contributed by atoms with van der Waals surface area (Å²) in [4.78, 5) is 69.7. The predicted octanol–water partition coefficient (Wildman–Crippen LogP) is 24.0. The van der Waals surface area contributed by atoms with Crippen LogP contribution in [0.3, 0.4) is 0 Å². The fourth-order valence-electron chi connectivity index (χ4n) is 13.3. The zero-order chi connectivity index (χ0) is 97.9. The normalized spacial score (nSPS) is 12.4. The fraction of sp³-hybridized carbons (Fsp3) is 0.113. The molecule has 0 saturated carbocycles. The zero-order valence-corrected chi connectivity index (χ0v) is 80.0. The van der Waals surface area contributed by atoms with Crippen molar-refractivity contribution in [2.45, 2.75) is 71.7 Å². The Morgan fingerprint density at radius 1 is 0.591 bits per heavy atom. The summed E-state index contributed by atoms with van der Waals surface area (Å²) in [6, 6.07) is 79.3. The third-order valence-corrected chi connectivity index (χ3v) is 25.5. The van der Waals surface area contributed by atoms with Gasteiger partial charge in [0.2, 0.25) is 0 Å². The molecule has 40 heteroatoms. The van der Waals surface area contributed by atoms with Crippen molar-refractivity contribution in [3.8, 4) is 61.7 Å². The van der Waals surface area contributed by atoms with Crippen molar-refractivity contribution in [3.63, 3.8) is 0 Å². The molecule has 28 nitrogen and oxygen atoms in total. The molecule has 8 N–H and O–H groups in total. The number of carboxylic acids is 1. The number of amides is 1. The highest BCUT2D eigenvalue weighted by molar-refractivity contribution is 7.95. The molecule has 10 aromatic carbocycles. The van der Waals surface area contributed by atoms with Crippen LogP contribution in [-0.2, 0) is 78.8 Å². The summed E-state index contributed by atoms with van der Waals surface area (Å²) in [5.74, 6) is 7.54. The first-order valence-electron chi connectivity index (χ1n) is 40.6. The number of cyclic esters (lactones) is 1. The van der Waals surface area contributed by atoms with Crippen LogP contribution in [0.25, 0.3) is 78.6 Å². The lowest BCUT2D eigenvalue weighted by atomic mass is 9.97. The van der Waals surface area contributed by atoms with Crippen LogP contribution in [0.1, 0.15) is 55.4 Å². The van der Waals surface area contributed by atoms with Crippen LogP contribution in [0, 0.1) is 40.4 Å². The van der Waals surface area contributed by atoms with Crippen molar-refractivity contribution in [1.82, 2.24) is 34.2 Å². The van der Waals surface area contributed by atoms with E-state index in [0.29, 0.717) is 55.4 Å². The number of rotatable bonds is 26. The minimum atomic E-state index is -4.53. The number of sulfonamides is 1. The van der Waals surface area contributed by atoms with Gasteiger partial charge in [-0.2, -0.15) is 38.7 Å². The van der Waals surface area contributed by atoms with Crippen molar-refractivity contribution < 1.29 is 96.9 Å². The van der Waals surface area contributed by atoms with Crippen LogP contribution in [0.4, 0.5) is 34.1 Å². The van der Waals surface area contributed by atoms with E-state index in [-0.39, 0.29) is 45.0 Å². The molecule has 0 bridgehead atoms. The zero-order valence-electron chi connectivity index (χ0n) is 73.6. The Labute approximate surface area is 815 Å². The van der Waals surface area contributed by atoms with Crippen molar-refractivity contribution in [2.75, 3.05) is 38.5 Å². The first kappa shape index (κ1) is 103. The molecule has 0 unspecified atom stereocenters. The number of alkyl halides is 3. The number of carbonyl (C=O) groups is 3. The number of benzene rings is 10. The molecule has 2 aliphatic rings. The lowest BCUT2D eigenvalue weighted by Gasteiger charge is -2.28. The number of likely N-dealkylation sites (N-methyl/N-ethyl adjacent to an activating group) is 1. The van der Waals surface area contributed by atoms with Crippen LogP contribution in [0.2, 0.25) is 10.0 Å². The number of pyridine rings is 2. The van der Waals surface area contributed by atoms with Gasteiger partial charge in [-0.1, -0.05) is 191 Å². The second kappa shape index (κ2) is 49.2. The molecule has 137 heavy (non-hydrogen) atoms. The number of hydrogen-bond donors (Lipinski definition) is 6. The van der Waals surface area contributed by atoms with Gasteiger partial charge >= 0.3 is 18.1 Å². The Balaban J connectivity index is 0.000000148. The fourth-order valence-corrected chi connectivity index (χ4v) is 17.3. The number of hydrogen-bond acceptors (Lipinski definition) is 29. The van der Waals surface area contributed by atoms with Crippen LogP contribution in [0.15, 0.2) is 320 Å². The first-order chi connectivity index (χ1) is 65.9. The maximum absolute atomic E-state index is 13.7. The van der Waals surface area contributed by atoms with Gasteiger partial charge in [-0.15, -0.1) is 30.0 Å². The molecule has 706 valence electrons. The molecule has 0 fully saturated rings. The Morgan fingerprint density at radius 2 is 1.15 bits per heavy atom. The van der Waals surface area contributed by atoms with Crippen LogP contribution in [-0.4, -0.2) is 98.5 Å². The number of aliphatic hydroxyl groups excluding tert-OH is 1. The van der Waals surface area contributed by atoms with Crippen LogP contribution >= 0.6 is 82.7 Å². The second-order valence-corrected chi connectivity index (χ2v) is 36.2. The highest BCUT2D eigenvalue weighted by Crippen LogP contribution is 2.42. The number of nitrogens with zero attached hydrogens (tertiary/aromatic N) is 7. The molecule has 17 rings (SSSR count). The Kier molecular flexibility index (Phi) is 37.0. The number of nitrogens with one attached hydrogen (secondary N) is 2. The SMILES string of the molecule is COOSc1ccc(-c2cc(Cl)cnc2-c2ccc(C)nc2)cc1.COOSc1ccc(C2=C(c3ccccc3)C(=O)OC2)cc1.Cc1ccc(-c2cc(C(F)(F)F)nn2-c2ccc(SOON)cc2)cc1.Cc1ccc(Nc2c(F)cccc2Cl)c(CC(=O)O)c1.Cc1cnc(NC(=O)C2=C(O)c3ccccc3S(=O)(=O)N2C)s1.Cc1onc(-c2ccccc2)c1-c1ccc(SOON)cc1. The van der Waals surface area contributed by atoms with E-state index in [1.165, 1.54) is 61.6 Å². The third kappa shape index (κ3) is 27.7. The maximum atomic E-state index is 13.7. The second-order valence-electron chi connectivity index (χ2n) is 29.1. The van der Waals surface area contributed by atoms with E-state index < -0.39 is 39.6 Å². The lowest BCUT2D eigenvalue weighted by Crippen LogP contribution is -2.37. The summed E-state index contributed by atoms with van der Waals surface area (Å²) in [6.45, 7) is 9.76. The standard InChI is InChI=1S/C18H15ClN2O2S.C17H14F3N3O2S.C17H14O4S.C16H14N2O3S.C15H13ClFNO2.C14H13N3O4S2/c1-12-3-4-14(10-20-12)18-17(9-15(19)11-21-18)13-5-7-16(8-6-13)24-23-22-2;1-11-2-4-12(5-3-11)15-10-16(17(18,19)20)22-23(15)13-6-8-14(9-7-13)26-25-24-21;1-19-21-22-14-9-7-12(8-10-14)15-11-20-17(18)16(15)13-5-3-2-4-6-13;1-11-15(12-7-9-14(10-8-12)22-21-20-17)16(18-19-11)13-5-3-2-4-6-13;1-9-5-6-13(10(7-9)8-14(19)20)18-15-11(16)3-2-4-12(15)17;1-8-7-15-14(22-8)16-13(19)11-12(18)9-5-3-4-6-10(9)23(20,21)17(11)2/h3-11H,1-2H3;2-10H,21H2,1H3;2-10H,11H2,1H3;2-10H,17H2,1H3;2-7,18H,8H2,1H3,(H,19,20);3-7,18H,1-2H3,(H,15,16,19). The number of aliphatic hydroxyl groups is 1. The van der Waals surface area contributed by atoms with Gasteiger partial charge in [-0.05, 0) is 178 Å². The largest absolute Gasteiger partial charge is 0.505 e. The van der Waals surface area contributed by atoms with Gasteiger partial charge in [-0.3, -0.25) is 29.2 Å². The molecular formula is C97H83Cl2F4N11O17S6. The van der Waals surface area contributed by atoms with Gasteiger partial charge in [0.25, 0.3) is 15.9 Å². The van der Waals surface area contributed by atoms with Gasteiger partial charge in [0.05, 0.1) is 118 Å². The number of aliphatic carboxylic acids is 1. The van der Waals surface area contributed by atoms with Crippen molar-refractivity contribution in [1.29, 1.82) is 0 Å². The molecule has 7 heterocycles. The smallest absolute Gasteiger partial charge is 0.435 e. The third-order valence-electron chi connectivity index (χ3n) is 19.7. The minimum Gasteiger partial charge on any atom is -0.505 e. The van der Waals surface area contributed by atoms with Crippen molar-refractivity contribution in [2.24, 2.45) is 11.8 Å². The van der Waals surface area contributed by atoms with E-state index in [0.717, 1.165) is 162 Å². The quantitative estimate of drug-likeness (QED) is 0.00964. The summed E-state index contributed by atoms with van der Waals surface area (Å²) in [5, 5.41) is 33.8. The van der Waals surface area contributed by atoms with E-state index >= 15 is 0 Å². The van der Waals surface area contributed by atoms with Gasteiger partial charge in [0.15, 0.2) is 22.3 Å². The van der Waals surface area contributed by atoms with Gasteiger partial charge in [0.1, 0.15) is 23.9 Å². The Hall–Kier alpha value is -12.9. The number of thiazole rings is 1. The van der Waals surface area contributed by atoms with E-state index in [2.05, 4.69) is 64.3 Å². The average molecular weight is 2010 g/mol. The molecule has 15 aromatic rings. The number of aromatic nitrogens is 6. The highest BCUT2D eigenvalue weighted by Gasteiger charge is 2.39. The molecule has 2 aliphatic heterocycles. The Morgan fingerprint density at radius 3 is 1.72 bits per heavy atom. The number of nitrogens with two attached hydrogens (primary N) is 2. The van der Waals surface area contributed by atoms with E-state index in [9.17, 15) is 45.5 Å². The highest BCUT2D eigenvalue weighted by atomic mass is 35.5. The predicted molar refractivity (Wildman–Crippen MR) is 520 cm³/mol. The molecule has 0 saturated heterocycles. The molecule has 5 aromatic heterocycles. The molecular weight excluding hydrogens is 1930 g/mol. The number of esters is 1. The van der Waals surface area contributed by atoms with Gasteiger partial charge < -0.3 is 24.8 Å². The maximum Gasteiger partial charge on any atom is 0.435 e. The molecule has 0 atom stereocenters. The monoisotopic (exact) mass is 2010 g/mol. The van der Waals surface area contributed by atoms with Gasteiger partial charge in [-0.25, -0.2) is 37.0 Å². The van der Waals surface area contributed by atoms with Gasteiger partial charge in [0, 0.05) is 94.9 Å². The number of ether oxygens (including phenoxy) is 1. The molecule has 0 radical (unpaired) electrons. The molecule has 0 aliphatic carbocycles. The topological polar surface area (TPSA) is 371 Å². The van der Waals surface area contributed by atoms with Crippen molar-refractivity contribution >= 4 is 144 Å². The summed E-state index contributed by atoms with van der Waals surface area (Å²) in [7, 11) is 0.260. The van der Waals surface area contributed by atoms with E-state index in [1.807, 2.05) is 211 Å². The molecule has 1 amide bonds.